The van der Waals surface area contributed by atoms with Crippen LogP contribution < -0.4 is 0 Å². The zero-order valence-corrected chi connectivity index (χ0v) is 16.0. The van der Waals surface area contributed by atoms with Gasteiger partial charge in [0.25, 0.3) is 0 Å². The van der Waals surface area contributed by atoms with Crippen LogP contribution in [0.5, 0.6) is 0 Å². The Morgan fingerprint density at radius 2 is 1.88 bits per heavy atom. The summed E-state index contributed by atoms with van der Waals surface area (Å²) in [6.45, 7) is 6.76. The molecule has 132 valence electrons. The Balaban J connectivity index is 2.44. The third-order valence-corrected chi connectivity index (χ3v) is 5.15. The predicted octanol–water partition coefficient (Wildman–Crippen LogP) is 4.49. The number of furan rings is 1. The molecule has 0 spiro atoms. The molecule has 2 rings (SSSR count). The van der Waals surface area contributed by atoms with E-state index in [1.807, 2.05) is 48.5 Å². The van der Waals surface area contributed by atoms with Crippen molar-refractivity contribution in [1.29, 1.82) is 0 Å². The Labute approximate surface area is 149 Å². The molecule has 0 fully saturated rings. The summed E-state index contributed by atoms with van der Waals surface area (Å²) >= 11 is 0. The van der Waals surface area contributed by atoms with E-state index in [0.717, 1.165) is 5.56 Å². The average molecular weight is 357 g/mol. The van der Waals surface area contributed by atoms with Crippen molar-refractivity contribution < 1.29 is 13.9 Å². The van der Waals surface area contributed by atoms with Crippen molar-refractivity contribution in [3.8, 4) is 0 Å². The Morgan fingerprint density at radius 3 is 2.44 bits per heavy atom. The number of hydrogen-bond acceptors (Lipinski definition) is 4. The Morgan fingerprint density at radius 1 is 1.16 bits per heavy atom. The maximum atomic E-state index is 12.3. The number of ether oxygens (including phenoxy) is 1. The monoisotopic (exact) mass is 357 g/mol. The predicted molar refractivity (Wildman–Crippen MR) is 108 cm³/mol. The Hall–Kier alpha value is -2.32. The summed E-state index contributed by atoms with van der Waals surface area (Å²) in [5.41, 5.74) is 1.67. The van der Waals surface area contributed by atoms with Crippen molar-refractivity contribution in [2.75, 3.05) is 26.6 Å². The van der Waals surface area contributed by atoms with Crippen LogP contribution in [-0.2, 0) is 9.53 Å². The molecule has 25 heavy (non-hydrogen) atoms. The van der Waals surface area contributed by atoms with Crippen LogP contribution in [0.3, 0.4) is 0 Å². The van der Waals surface area contributed by atoms with Crippen LogP contribution in [0.15, 0.2) is 58.1 Å². The van der Waals surface area contributed by atoms with E-state index in [1.165, 1.54) is 0 Å². The highest BCUT2D eigenvalue weighted by Crippen LogP contribution is 2.35. The first-order valence-electron chi connectivity index (χ1n) is 8.12. The van der Waals surface area contributed by atoms with Crippen molar-refractivity contribution in [3.63, 3.8) is 0 Å². The second kappa shape index (κ2) is 8.68. The van der Waals surface area contributed by atoms with E-state index in [-0.39, 0.29) is 5.97 Å². The topological polar surface area (TPSA) is 51.8 Å². The van der Waals surface area contributed by atoms with Gasteiger partial charge in [-0.05, 0) is 50.7 Å². The number of hydrogen-bond donors (Lipinski definition) is 0. The van der Waals surface area contributed by atoms with Gasteiger partial charge in [0.2, 0.25) is 0 Å². The normalized spacial score (nSPS) is 12.4. The summed E-state index contributed by atoms with van der Waals surface area (Å²) in [6, 6.07) is 13.5. The first-order valence-corrected chi connectivity index (χ1v) is 11.3. The van der Waals surface area contributed by atoms with Crippen molar-refractivity contribution in [3.05, 3.63) is 60.1 Å². The number of nitrogens with zero attached hydrogens (tertiary/aromatic N) is 1. The number of carbonyl (C=O) groups excluding carboxylic acids is 1. The third-order valence-electron chi connectivity index (χ3n) is 3.41. The number of aliphatic imine (C=N–C) groups is 1. The van der Waals surface area contributed by atoms with Gasteiger partial charge in [0.15, 0.2) is 5.76 Å². The minimum Gasteiger partial charge on any atom is -0.463 e. The lowest BCUT2D eigenvalue weighted by atomic mass is 10.2. The van der Waals surface area contributed by atoms with Crippen molar-refractivity contribution >= 4 is 36.1 Å². The highest BCUT2D eigenvalue weighted by atomic mass is 31.2. The fourth-order valence-electron chi connectivity index (χ4n) is 2.14. The molecular weight excluding hydrogens is 333 g/mol. The molecule has 1 heterocycles. The van der Waals surface area contributed by atoms with Crippen LogP contribution in [0.2, 0.25) is 0 Å². The molecule has 0 aliphatic rings. The minimum atomic E-state index is -1.59. The van der Waals surface area contributed by atoms with Crippen LogP contribution in [0, 0.1) is 0 Å². The van der Waals surface area contributed by atoms with E-state index < -0.39 is 6.89 Å². The zero-order valence-electron chi connectivity index (χ0n) is 15.1. The molecule has 0 bridgehead atoms. The van der Waals surface area contributed by atoms with Crippen LogP contribution >= 0.6 is 6.89 Å². The molecule has 4 nitrogen and oxygen atoms in total. The van der Waals surface area contributed by atoms with E-state index >= 15 is 0 Å². The molecule has 0 unspecified atom stereocenters. The minimum absolute atomic E-state index is 0.300. The smallest absolute Gasteiger partial charge is 0.339 e. The highest BCUT2D eigenvalue weighted by molar-refractivity contribution is 7.77. The van der Waals surface area contributed by atoms with Gasteiger partial charge in [-0.15, -0.1) is 0 Å². The fraction of sp³-hybridized carbons (Fsp3) is 0.250. The van der Waals surface area contributed by atoms with Gasteiger partial charge >= 0.3 is 5.97 Å². The lowest BCUT2D eigenvalue weighted by Gasteiger charge is -2.13. The molecule has 0 atom stereocenters. The molecule has 0 saturated heterocycles. The van der Waals surface area contributed by atoms with Gasteiger partial charge in [-0.3, -0.25) is 4.99 Å². The van der Waals surface area contributed by atoms with Crippen LogP contribution in [0.25, 0.3) is 11.8 Å². The van der Waals surface area contributed by atoms with Gasteiger partial charge in [-0.2, -0.15) is 0 Å². The molecule has 0 amide bonds. The molecule has 0 N–H and O–H groups in total. The molecule has 0 saturated carbocycles. The van der Waals surface area contributed by atoms with E-state index in [1.54, 1.807) is 19.4 Å². The van der Waals surface area contributed by atoms with Crippen LogP contribution in [0.1, 0.15) is 18.2 Å². The van der Waals surface area contributed by atoms with E-state index in [0.29, 0.717) is 23.4 Å². The first-order chi connectivity index (χ1) is 11.9. The van der Waals surface area contributed by atoms with Crippen LogP contribution in [-0.4, -0.2) is 44.1 Å². The highest BCUT2D eigenvalue weighted by Gasteiger charge is 2.16. The Kier molecular flexibility index (Phi) is 6.60. The molecule has 1 aromatic heterocycles. The summed E-state index contributed by atoms with van der Waals surface area (Å²) in [5.74, 6) is 0.348. The summed E-state index contributed by atoms with van der Waals surface area (Å²) in [7, 11) is 0. The van der Waals surface area contributed by atoms with Crippen LogP contribution in [0.4, 0.5) is 0 Å². The van der Waals surface area contributed by atoms with Gasteiger partial charge in [-0.1, -0.05) is 37.2 Å². The number of rotatable bonds is 6. The number of carbonyl (C=O) groups is 1. The van der Waals surface area contributed by atoms with E-state index in [4.69, 9.17) is 9.15 Å². The summed E-state index contributed by atoms with van der Waals surface area (Å²) in [6.07, 6.45) is 5.17. The third kappa shape index (κ3) is 5.61. The molecule has 2 aromatic rings. The standard InChI is InChI=1S/C20H24NO3P/c1-5-23-20(22)19(25(2,3)4)15-21-17(18-12-9-13-24-18)14-16-10-7-6-8-11-16/h6-15H,5H2,1-4H3/b17-14-,21-15?. The van der Waals surface area contributed by atoms with Gasteiger partial charge < -0.3 is 9.15 Å². The van der Waals surface area contributed by atoms with Crippen molar-refractivity contribution in [2.45, 2.75) is 6.92 Å². The lowest BCUT2D eigenvalue weighted by Crippen LogP contribution is -2.20. The summed E-state index contributed by atoms with van der Waals surface area (Å²) in [5, 5.41) is 0.625. The first kappa shape index (κ1) is 19.0. The SMILES string of the molecule is CCOC(=O)C(C=N/C(=C\c1ccccc1)c1ccco1)=P(C)(C)C. The molecule has 5 heteroatoms. The van der Waals surface area contributed by atoms with Gasteiger partial charge in [0.1, 0.15) is 5.70 Å². The molecule has 1 aromatic carbocycles. The largest absolute Gasteiger partial charge is 0.463 e. The Bertz CT molecular complexity index is 804. The maximum absolute atomic E-state index is 12.3. The fourth-order valence-corrected chi connectivity index (χ4v) is 3.16. The van der Waals surface area contributed by atoms with Crippen molar-refractivity contribution in [2.24, 2.45) is 4.99 Å². The summed E-state index contributed by atoms with van der Waals surface area (Å²) < 4.78 is 10.7. The zero-order chi connectivity index (χ0) is 18.3. The average Bonchev–Trinajstić information content (AvgIpc) is 3.08. The van der Waals surface area contributed by atoms with Gasteiger partial charge in [0.05, 0.1) is 18.2 Å². The number of benzene rings is 1. The van der Waals surface area contributed by atoms with Gasteiger partial charge in [0, 0.05) is 6.21 Å². The number of esters is 1. The summed E-state index contributed by atoms with van der Waals surface area (Å²) in [4.78, 5) is 16.8. The maximum Gasteiger partial charge on any atom is 0.339 e. The van der Waals surface area contributed by atoms with E-state index in [9.17, 15) is 4.79 Å². The second-order valence-electron chi connectivity index (χ2n) is 6.29. The van der Waals surface area contributed by atoms with E-state index in [2.05, 4.69) is 25.0 Å². The molecular formula is C20H24NO3P. The molecule has 0 radical (unpaired) electrons. The van der Waals surface area contributed by atoms with Gasteiger partial charge in [-0.25, -0.2) is 4.79 Å². The second-order valence-corrected chi connectivity index (χ2v) is 10.8. The molecule has 0 aliphatic carbocycles. The molecule has 0 aliphatic heterocycles. The lowest BCUT2D eigenvalue weighted by molar-refractivity contribution is -0.134. The quantitative estimate of drug-likeness (QED) is 0.435. The van der Waals surface area contributed by atoms with Crippen molar-refractivity contribution in [1.82, 2.24) is 0 Å².